The van der Waals surface area contributed by atoms with Crippen molar-refractivity contribution in [3.8, 4) is 45.3 Å². The van der Waals surface area contributed by atoms with Crippen molar-refractivity contribution in [1.82, 2.24) is 15.0 Å². The van der Waals surface area contributed by atoms with E-state index in [0.717, 1.165) is 49.6 Å². The highest BCUT2D eigenvalue weighted by Gasteiger charge is 2.14. The van der Waals surface area contributed by atoms with Crippen LogP contribution in [0.25, 0.3) is 78.0 Å². The maximum Gasteiger partial charge on any atom is 0.164 e. The number of hydrogen-bond donors (Lipinski definition) is 0. The molecule has 0 bridgehead atoms. The van der Waals surface area contributed by atoms with E-state index in [2.05, 4.69) is 66.7 Å². The minimum atomic E-state index is 0.649. The average Bonchev–Trinajstić information content (AvgIpc) is 3.43. The Hall–Kier alpha value is -5.61. The van der Waals surface area contributed by atoms with E-state index in [1.165, 1.54) is 10.9 Å². The highest BCUT2D eigenvalue weighted by atomic mass is 16.3. The molecule has 2 aromatic heterocycles. The van der Waals surface area contributed by atoms with Crippen LogP contribution < -0.4 is 0 Å². The zero-order valence-electron chi connectivity index (χ0n) is 22.0. The lowest BCUT2D eigenvalue weighted by molar-refractivity contribution is 0.669. The summed E-state index contributed by atoms with van der Waals surface area (Å²) in [6, 6.07) is 47.6. The number of furan rings is 1. The summed E-state index contributed by atoms with van der Waals surface area (Å²) in [5, 5.41) is 4.55. The van der Waals surface area contributed by atoms with Crippen LogP contribution in [0, 0.1) is 0 Å². The second-order valence-electron chi connectivity index (χ2n) is 10.1. The summed E-state index contributed by atoms with van der Waals surface area (Å²) in [7, 11) is 0. The molecule has 4 heteroatoms. The van der Waals surface area contributed by atoms with Crippen molar-refractivity contribution < 1.29 is 4.42 Å². The van der Waals surface area contributed by atoms with E-state index in [1.54, 1.807) is 0 Å². The Morgan fingerprint density at radius 1 is 0.366 bits per heavy atom. The van der Waals surface area contributed by atoms with E-state index < -0.39 is 0 Å². The minimum Gasteiger partial charge on any atom is -0.456 e. The number of rotatable bonds is 4. The maximum absolute atomic E-state index is 6.06. The van der Waals surface area contributed by atoms with Gasteiger partial charge in [0.25, 0.3) is 0 Å². The second kappa shape index (κ2) is 9.54. The highest BCUT2D eigenvalue weighted by molar-refractivity contribution is 6.08. The van der Waals surface area contributed by atoms with Crippen LogP contribution in [0.15, 0.2) is 144 Å². The van der Waals surface area contributed by atoms with E-state index in [1.807, 2.05) is 72.8 Å². The van der Waals surface area contributed by atoms with Crippen LogP contribution in [0.4, 0.5) is 0 Å². The number of hydrogen-bond acceptors (Lipinski definition) is 4. The summed E-state index contributed by atoms with van der Waals surface area (Å²) < 4.78 is 6.06. The van der Waals surface area contributed by atoms with Crippen LogP contribution in [0.2, 0.25) is 0 Å². The van der Waals surface area contributed by atoms with Gasteiger partial charge in [-0.05, 0) is 46.2 Å². The molecule has 0 unspecified atom stereocenters. The molecule has 41 heavy (non-hydrogen) atoms. The van der Waals surface area contributed by atoms with E-state index in [9.17, 15) is 0 Å². The molecular weight excluding hydrogens is 502 g/mol. The van der Waals surface area contributed by atoms with Gasteiger partial charge in [-0.3, -0.25) is 0 Å². The van der Waals surface area contributed by atoms with Crippen LogP contribution in [0.1, 0.15) is 0 Å². The zero-order valence-corrected chi connectivity index (χ0v) is 22.0. The molecule has 2 heterocycles. The van der Waals surface area contributed by atoms with Gasteiger partial charge >= 0.3 is 0 Å². The fourth-order valence-electron chi connectivity index (χ4n) is 5.51. The third kappa shape index (κ3) is 4.14. The lowest BCUT2D eigenvalue weighted by atomic mass is 9.96. The van der Waals surface area contributed by atoms with Gasteiger partial charge in [-0.25, -0.2) is 15.0 Å². The topological polar surface area (TPSA) is 51.8 Å². The van der Waals surface area contributed by atoms with Crippen molar-refractivity contribution in [2.24, 2.45) is 0 Å². The molecule has 6 aromatic carbocycles. The third-order valence-electron chi connectivity index (χ3n) is 7.53. The smallest absolute Gasteiger partial charge is 0.164 e. The molecule has 4 nitrogen and oxygen atoms in total. The van der Waals surface area contributed by atoms with E-state index in [-0.39, 0.29) is 0 Å². The normalized spacial score (nSPS) is 11.4. The summed E-state index contributed by atoms with van der Waals surface area (Å²) in [6.07, 6.45) is 0. The number of nitrogens with zero attached hydrogens (tertiary/aromatic N) is 3. The molecule has 0 spiro atoms. The molecule has 0 atom stereocenters. The van der Waals surface area contributed by atoms with E-state index >= 15 is 0 Å². The van der Waals surface area contributed by atoms with Crippen molar-refractivity contribution in [1.29, 1.82) is 0 Å². The Bertz CT molecular complexity index is 2140. The van der Waals surface area contributed by atoms with Gasteiger partial charge in [0.1, 0.15) is 11.2 Å². The molecule has 0 fully saturated rings. The average molecular weight is 526 g/mol. The lowest BCUT2D eigenvalue weighted by Crippen LogP contribution is -2.00. The predicted octanol–water partition coefficient (Wildman–Crippen LogP) is 9.59. The quantitative estimate of drug-likeness (QED) is 0.230. The molecule has 0 amide bonds. The largest absolute Gasteiger partial charge is 0.456 e. The summed E-state index contributed by atoms with van der Waals surface area (Å²) in [6.45, 7) is 0. The first-order valence-electron chi connectivity index (χ1n) is 13.6. The van der Waals surface area contributed by atoms with Gasteiger partial charge in [-0.2, -0.15) is 0 Å². The van der Waals surface area contributed by atoms with Crippen LogP contribution >= 0.6 is 0 Å². The van der Waals surface area contributed by atoms with Gasteiger partial charge in [-0.1, -0.05) is 115 Å². The maximum atomic E-state index is 6.06. The van der Waals surface area contributed by atoms with Crippen LogP contribution in [0.3, 0.4) is 0 Å². The molecule has 0 aliphatic rings. The van der Waals surface area contributed by atoms with Gasteiger partial charge in [0, 0.05) is 27.5 Å². The molecule has 0 aliphatic heterocycles. The van der Waals surface area contributed by atoms with Crippen molar-refractivity contribution in [3.63, 3.8) is 0 Å². The van der Waals surface area contributed by atoms with Crippen molar-refractivity contribution >= 4 is 32.7 Å². The second-order valence-corrected chi connectivity index (χ2v) is 10.1. The van der Waals surface area contributed by atoms with Crippen molar-refractivity contribution in [3.05, 3.63) is 140 Å². The first-order chi connectivity index (χ1) is 20.3. The van der Waals surface area contributed by atoms with Gasteiger partial charge in [0.15, 0.2) is 17.5 Å². The number of benzene rings is 6. The fourth-order valence-corrected chi connectivity index (χ4v) is 5.51. The first kappa shape index (κ1) is 23.3. The Kier molecular flexibility index (Phi) is 5.42. The molecule has 0 radical (unpaired) electrons. The van der Waals surface area contributed by atoms with Crippen molar-refractivity contribution in [2.45, 2.75) is 0 Å². The Labute approximate surface area is 236 Å². The molecule has 8 aromatic rings. The summed E-state index contributed by atoms with van der Waals surface area (Å²) >= 11 is 0. The highest BCUT2D eigenvalue weighted by Crippen LogP contribution is 2.36. The first-order valence-corrected chi connectivity index (χ1v) is 13.6. The zero-order chi connectivity index (χ0) is 27.2. The molecule has 0 saturated carbocycles. The standard InChI is InChI=1S/C37H23N3O/c1-3-10-24(11-4-1)35-38-36(25-12-5-2-6-13-25)40-37(39-35)28-18-20-30-26(22-28)14-9-16-29(30)27-19-21-34-32(23-27)31-15-7-8-17-33(31)41-34/h1-23H. The molecule has 8 rings (SSSR count). The summed E-state index contributed by atoms with van der Waals surface area (Å²) in [5.41, 5.74) is 6.99. The SMILES string of the molecule is c1ccc(-c2nc(-c3ccccc3)nc(-c3ccc4c(-c5ccc6oc7ccccc7c6c5)cccc4c3)n2)cc1. The number of para-hydroxylation sites is 1. The third-order valence-corrected chi connectivity index (χ3v) is 7.53. The monoisotopic (exact) mass is 525 g/mol. The summed E-state index contributed by atoms with van der Waals surface area (Å²) in [4.78, 5) is 14.7. The molecule has 0 saturated heterocycles. The van der Waals surface area contributed by atoms with Crippen LogP contribution in [-0.4, -0.2) is 15.0 Å². The molecular formula is C37H23N3O. The molecule has 192 valence electrons. The number of aromatic nitrogens is 3. The molecule has 0 aliphatic carbocycles. The lowest BCUT2D eigenvalue weighted by Gasteiger charge is -2.11. The fraction of sp³-hybridized carbons (Fsp3) is 0. The Morgan fingerprint density at radius 2 is 0.976 bits per heavy atom. The van der Waals surface area contributed by atoms with Crippen LogP contribution in [0.5, 0.6) is 0 Å². The minimum absolute atomic E-state index is 0.649. The molecule has 0 N–H and O–H groups in total. The van der Waals surface area contributed by atoms with Gasteiger partial charge in [0.05, 0.1) is 0 Å². The van der Waals surface area contributed by atoms with Crippen molar-refractivity contribution in [2.75, 3.05) is 0 Å². The van der Waals surface area contributed by atoms with Gasteiger partial charge in [-0.15, -0.1) is 0 Å². The summed E-state index contributed by atoms with van der Waals surface area (Å²) in [5.74, 6) is 1.96. The van der Waals surface area contributed by atoms with Gasteiger partial charge in [0.2, 0.25) is 0 Å². The van der Waals surface area contributed by atoms with E-state index in [0.29, 0.717) is 17.5 Å². The van der Waals surface area contributed by atoms with Crippen LogP contribution in [-0.2, 0) is 0 Å². The Balaban J connectivity index is 1.26. The number of fused-ring (bicyclic) bond motifs is 4. The Morgan fingerprint density at radius 3 is 1.71 bits per heavy atom. The van der Waals surface area contributed by atoms with Gasteiger partial charge < -0.3 is 4.42 Å². The predicted molar refractivity (Wildman–Crippen MR) is 166 cm³/mol. The van der Waals surface area contributed by atoms with E-state index in [4.69, 9.17) is 19.4 Å².